The van der Waals surface area contributed by atoms with Crippen molar-refractivity contribution in [2.45, 2.75) is 30.7 Å². The predicted octanol–water partition coefficient (Wildman–Crippen LogP) is 4.62. The van der Waals surface area contributed by atoms with E-state index in [9.17, 15) is 13.2 Å². The van der Waals surface area contributed by atoms with Gasteiger partial charge in [0.25, 0.3) is 5.22 Å². The minimum atomic E-state index is -4.69. The average Bonchev–Trinajstić information content (AvgIpc) is 3.15. The minimum Gasteiger partial charge on any atom is -0.416 e. The van der Waals surface area contributed by atoms with Gasteiger partial charge >= 0.3 is 6.36 Å². The highest BCUT2D eigenvalue weighted by atomic mass is 32.2. The normalized spacial score (nSPS) is 11.7. The fourth-order valence-corrected chi connectivity index (χ4v) is 3.29. The van der Waals surface area contributed by atoms with Crippen LogP contribution in [0.5, 0.6) is 5.75 Å². The van der Waals surface area contributed by atoms with Gasteiger partial charge in [0.15, 0.2) is 0 Å². The van der Waals surface area contributed by atoms with E-state index in [0.29, 0.717) is 23.3 Å². The Labute approximate surface area is 149 Å². The topological polar surface area (TPSA) is 61.0 Å². The van der Waals surface area contributed by atoms with Gasteiger partial charge in [-0.3, -0.25) is 0 Å². The second-order valence-corrected chi connectivity index (χ2v) is 6.97. The molecule has 1 aromatic carbocycles. The summed E-state index contributed by atoms with van der Waals surface area (Å²) in [5.74, 6) is 0.714. The number of rotatable bonds is 6. The standard InChI is InChI=1S/C15H12F3N3O2S2/c1-9-19-11(8-24-9)6-13-20-21-14(22-13)25-7-10-2-4-12(5-3-10)23-15(16,17)18/h2-5,8H,6-7H2,1H3. The molecular formula is C15H12F3N3O2S2. The van der Waals surface area contributed by atoms with Crippen molar-refractivity contribution < 1.29 is 22.3 Å². The molecule has 0 aliphatic carbocycles. The highest BCUT2D eigenvalue weighted by Gasteiger charge is 2.30. The molecule has 5 nitrogen and oxygen atoms in total. The zero-order chi connectivity index (χ0) is 17.9. The summed E-state index contributed by atoms with van der Waals surface area (Å²) in [6, 6.07) is 5.66. The van der Waals surface area contributed by atoms with Gasteiger partial charge in [0.2, 0.25) is 5.89 Å². The quantitative estimate of drug-likeness (QED) is 0.576. The van der Waals surface area contributed by atoms with Crippen molar-refractivity contribution in [3.05, 3.63) is 51.8 Å². The highest BCUT2D eigenvalue weighted by Crippen LogP contribution is 2.26. The second kappa shape index (κ2) is 7.44. The van der Waals surface area contributed by atoms with Crippen LogP contribution in [0.2, 0.25) is 0 Å². The summed E-state index contributed by atoms with van der Waals surface area (Å²) in [5, 5.41) is 11.2. The lowest BCUT2D eigenvalue weighted by Crippen LogP contribution is -2.16. The van der Waals surface area contributed by atoms with E-state index < -0.39 is 6.36 Å². The molecule has 0 spiro atoms. The number of thiazole rings is 1. The van der Waals surface area contributed by atoms with E-state index in [0.717, 1.165) is 16.3 Å². The summed E-state index contributed by atoms with van der Waals surface area (Å²) in [4.78, 5) is 4.33. The van der Waals surface area contributed by atoms with Crippen molar-refractivity contribution in [2.24, 2.45) is 0 Å². The van der Waals surface area contributed by atoms with Crippen LogP contribution in [0.3, 0.4) is 0 Å². The molecule has 2 heterocycles. The van der Waals surface area contributed by atoms with Gasteiger partial charge in [-0.05, 0) is 24.6 Å². The Bertz CT molecular complexity index is 831. The molecule has 0 bridgehead atoms. The van der Waals surface area contributed by atoms with Crippen molar-refractivity contribution >= 4 is 23.1 Å². The molecule has 0 atom stereocenters. The van der Waals surface area contributed by atoms with Crippen LogP contribution >= 0.6 is 23.1 Å². The Morgan fingerprint density at radius 3 is 2.60 bits per heavy atom. The number of aryl methyl sites for hydroxylation is 1. The number of hydrogen-bond donors (Lipinski definition) is 0. The lowest BCUT2D eigenvalue weighted by atomic mass is 10.2. The Hall–Kier alpha value is -2.07. The number of benzene rings is 1. The van der Waals surface area contributed by atoms with Gasteiger partial charge in [0, 0.05) is 11.1 Å². The van der Waals surface area contributed by atoms with Crippen molar-refractivity contribution in [1.82, 2.24) is 15.2 Å². The zero-order valence-corrected chi connectivity index (χ0v) is 14.5. The predicted molar refractivity (Wildman–Crippen MR) is 86.6 cm³/mol. The SMILES string of the molecule is Cc1nc(Cc2nnc(SCc3ccc(OC(F)(F)F)cc3)o2)cs1. The van der Waals surface area contributed by atoms with Crippen molar-refractivity contribution in [3.8, 4) is 5.75 Å². The monoisotopic (exact) mass is 387 g/mol. The molecule has 0 amide bonds. The maximum Gasteiger partial charge on any atom is 0.573 e. The molecule has 0 saturated heterocycles. The molecule has 3 rings (SSSR count). The molecule has 3 aromatic rings. The van der Waals surface area contributed by atoms with E-state index in [-0.39, 0.29) is 5.75 Å². The van der Waals surface area contributed by atoms with Gasteiger partial charge in [0.1, 0.15) is 5.75 Å². The summed E-state index contributed by atoms with van der Waals surface area (Å²) in [5.41, 5.74) is 1.69. The number of thioether (sulfide) groups is 1. The molecule has 0 unspecified atom stereocenters. The molecule has 0 saturated carbocycles. The molecule has 2 aromatic heterocycles. The molecule has 0 fully saturated rings. The maximum absolute atomic E-state index is 12.1. The first-order valence-corrected chi connectivity index (χ1v) is 8.95. The van der Waals surface area contributed by atoms with Crippen LogP contribution in [0.1, 0.15) is 22.2 Å². The summed E-state index contributed by atoms with van der Waals surface area (Å²) in [6.07, 6.45) is -4.21. The third-order valence-corrected chi connectivity index (χ3v) is 4.68. The van der Waals surface area contributed by atoms with Crippen LogP contribution < -0.4 is 4.74 Å². The number of ether oxygens (including phenoxy) is 1. The summed E-state index contributed by atoms with van der Waals surface area (Å²) in [6.45, 7) is 1.92. The van der Waals surface area contributed by atoms with Crippen LogP contribution in [0.15, 0.2) is 39.3 Å². The average molecular weight is 387 g/mol. The van der Waals surface area contributed by atoms with Gasteiger partial charge in [0.05, 0.1) is 17.1 Å². The first-order valence-electron chi connectivity index (χ1n) is 7.08. The van der Waals surface area contributed by atoms with Gasteiger partial charge in [-0.15, -0.1) is 34.7 Å². The lowest BCUT2D eigenvalue weighted by molar-refractivity contribution is -0.274. The minimum absolute atomic E-state index is 0.250. The Morgan fingerprint density at radius 2 is 1.96 bits per heavy atom. The van der Waals surface area contributed by atoms with E-state index in [4.69, 9.17) is 4.42 Å². The van der Waals surface area contributed by atoms with Crippen LogP contribution in [0.4, 0.5) is 13.2 Å². The molecule has 0 aliphatic heterocycles. The van der Waals surface area contributed by atoms with E-state index in [1.807, 2.05) is 12.3 Å². The summed E-state index contributed by atoms with van der Waals surface area (Å²) >= 11 is 2.86. The fraction of sp³-hybridized carbons (Fsp3) is 0.267. The largest absolute Gasteiger partial charge is 0.573 e. The smallest absolute Gasteiger partial charge is 0.416 e. The number of halogens is 3. The summed E-state index contributed by atoms with van der Waals surface area (Å²) < 4.78 is 45.7. The molecular weight excluding hydrogens is 375 g/mol. The van der Waals surface area contributed by atoms with Crippen LogP contribution in [-0.2, 0) is 12.2 Å². The number of hydrogen-bond acceptors (Lipinski definition) is 7. The molecule has 0 N–H and O–H groups in total. The Morgan fingerprint density at radius 1 is 1.20 bits per heavy atom. The first-order chi connectivity index (χ1) is 11.9. The molecule has 132 valence electrons. The van der Waals surface area contributed by atoms with Crippen molar-refractivity contribution in [1.29, 1.82) is 0 Å². The van der Waals surface area contributed by atoms with Crippen molar-refractivity contribution in [2.75, 3.05) is 0 Å². The van der Waals surface area contributed by atoms with Crippen molar-refractivity contribution in [3.63, 3.8) is 0 Å². The maximum atomic E-state index is 12.1. The van der Waals surface area contributed by atoms with Gasteiger partial charge < -0.3 is 9.15 Å². The zero-order valence-electron chi connectivity index (χ0n) is 12.9. The number of nitrogens with zero attached hydrogens (tertiary/aromatic N) is 3. The van der Waals surface area contributed by atoms with Gasteiger partial charge in [-0.2, -0.15) is 0 Å². The lowest BCUT2D eigenvalue weighted by Gasteiger charge is -2.08. The van der Waals surface area contributed by atoms with E-state index in [1.54, 1.807) is 23.5 Å². The number of aromatic nitrogens is 3. The molecule has 25 heavy (non-hydrogen) atoms. The van der Waals surface area contributed by atoms with E-state index in [1.165, 1.54) is 23.9 Å². The fourth-order valence-electron chi connectivity index (χ4n) is 1.94. The third kappa shape index (κ3) is 5.46. The van der Waals surface area contributed by atoms with Gasteiger partial charge in [-0.25, -0.2) is 4.98 Å². The number of alkyl halides is 3. The first kappa shape index (κ1) is 17.7. The van der Waals surface area contributed by atoms with Crippen LogP contribution in [-0.4, -0.2) is 21.5 Å². The second-order valence-electron chi connectivity index (χ2n) is 4.98. The third-order valence-electron chi connectivity index (χ3n) is 2.97. The van der Waals surface area contributed by atoms with Gasteiger partial charge in [-0.1, -0.05) is 23.9 Å². The Balaban J connectivity index is 1.53. The van der Waals surface area contributed by atoms with E-state index >= 15 is 0 Å². The molecule has 10 heteroatoms. The highest BCUT2D eigenvalue weighted by molar-refractivity contribution is 7.98. The Kier molecular flexibility index (Phi) is 5.28. The molecule has 0 radical (unpaired) electrons. The summed E-state index contributed by atoms with van der Waals surface area (Å²) in [7, 11) is 0. The van der Waals surface area contributed by atoms with Crippen LogP contribution in [0, 0.1) is 6.92 Å². The molecule has 0 aliphatic rings. The van der Waals surface area contributed by atoms with Crippen LogP contribution in [0.25, 0.3) is 0 Å². The van der Waals surface area contributed by atoms with E-state index in [2.05, 4.69) is 19.9 Å².